The molecule has 13 N–H and O–H groups in total. The number of aliphatic hydroxyl groups excluding tert-OH is 9. The summed E-state index contributed by atoms with van der Waals surface area (Å²) in [5, 5.41) is 111. The maximum absolute atomic E-state index is 12.4. The number of hydrogen-bond donors (Lipinski definition) is 12. The van der Waals surface area contributed by atoms with Crippen molar-refractivity contribution in [1.82, 2.24) is 10.6 Å². The topological polar surface area (TPSA) is 362 Å². The van der Waals surface area contributed by atoms with Crippen LogP contribution in [0.4, 0.5) is 0 Å². The van der Waals surface area contributed by atoms with Gasteiger partial charge in [0, 0.05) is 26.8 Å². The number of hydrogen-bond acceptors (Lipinski definition) is 20. The van der Waals surface area contributed by atoms with E-state index in [4.69, 9.17) is 34.2 Å². The van der Waals surface area contributed by atoms with Crippen molar-refractivity contribution in [2.75, 3.05) is 33.0 Å². The van der Waals surface area contributed by atoms with Gasteiger partial charge in [-0.1, -0.05) is 0 Å². The molecule has 0 radical (unpaired) electrons. The molecule has 3 aliphatic rings. The number of carboxylic acid groups (broad SMARTS) is 1. The van der Waals surface area contributed by atoms with Crippen molar-refractivity contribution >= 4 is 17.8 Å². The Labute approximate surface area is 307 Å². The van der Waals surface area contributed by atoms with Gasteiger partial charge in [-0.25, -0.2) is 0 Å². The second-order valence-corrected chi connectivity index (χ2v) is 11.9. The summed E-state index contributed by atoms with van der Waals surface area (Å²) >= 11 is 0. The second kappa shape index (κ2) is 19.7. The van der Waals surface area contributed by atoms with E-state index >= 15 is 0 Å². The van der Waals surface area contributed by atoms with Gasteiger partial charge in [-0.3, -0.25) is 9.59 Å². The monoisotopic (exact) mass is 739 g/mol. The van der Waals surface area contributed by atoms with Crippen LogP contribution in [-0.4, -0.2) is 194 Å². The quantitative estimate of drug-likeness (QED) is 0.0694. The second-order valence-electron chi connectivity index (χ2n) is 11.9. The van der Waals surface area contributed by atoms with E-state index in [1.54, 1.807) is 0 Å². The number of amides is 2. The molecule has 3 aliphatic heterocycles. The summed E-state index contributed by atoms with van der Waals surface area (Å²) in [7, 11) is 0. The summed E-state index contributed by atoms with van der Waals surface area (Å²) in [6, 6.07) is -2.81. The molecular weight excluding hydrogens is 693 g/mol. The molecule has 0 saturated carbocycles. The molecule has 0 aromatic heterocycles. The van der Waals surface area contributed by atoms with Crippen LogP contribution in [0.1, 0.15) is 20.3 Å². The van der Waals surface area contributed by atoms with Gasteiger partial charge in [0.2, 0.25) is 17.6 Å². The van der Waals surface area contributed by atoms with Crippen molar-refractivity contribution in [2.24, 2.45) is 5.73 Å². The van der Waals surface area contributed by atoms with Gasteiger partial charge in [0.25, 0.3) is 0 Å². The van der Waals surface area contributed by atoms with Crippen molar-refractivity contribution in [3.05, 3.63) is 0 Å². The number of nitrogens with one attached hydrogen (secondary N) is 2. The fourth-order valence-electron chi connectivity index (χ4n) is 5.76. The molecule has 0 spiro atoms. The van der Waals surface area contributed by atoms with Gasteiger partial charge < -0.3 is 101 Å². The van der Waals surface area contributed by atoms with E-state index in [0.717, 1.165) is 13.8 Å². The van der Waals surface area contributed by atoms with Crippen LogP contribution in [0.25, 0.3) is 0 Å². The summed E-state index contributed by atoms with van der Waals surface area (Å²) in [6.07, 6.45) is -24.4. The van der Waals surface area contributed by atoms with Crippen LogP contribution >= 0.6 is 0 Å². The third-order valence-electron chi connectivity index (χ3n) is 8.24. The van der Waals surface area contributed by atoms with Gasteiger partial charge in [0.1, 0.15) is 73.1 Å². The van der Waals surface area contributed by atoms with Gasteiger partial charge in [-0.2, -0.15) is 0 Å². The van der Waals surface area contributed by atoms with Crippen LogP contribution in [0.5, 0.6) is 0 Å². The molecule has 0 aromatic carbocycles. The Balaban J connectivity index is 0.00000867. The van der Waals surface area contributed by atoms with Gasteiger partial charge >= 0.3 is 29.6 Å². The van der Waals surface area contributed by atoms with E-state index in [0.29, 0.717) is 0 Å². The first kappa shape index (κ1) is 44.9. The molecule has 23 heteroatoms. The average molecular weight is 740 g/mol. The molecule has 0 aromatic rings. The molecule has 2 amide bonds. The molecule has 22 nitrogen and oxygen atoms in total. The SMILES string of the molecule is CC(=O)NC1C(OCCN)OC(CO)C(OC2OC(COC3(C(=O)[O-])CC(O)C(NC(C)=O)C([C@@H](O)[C@@H](O)CO)O3)C(O)C(O)C2O)C1O.[Na+]. The molecule has 3 heterocycles. The van der Waals surface area contributed by atoms with Crippen molar-refractivity contribution in [2.45, 2.75) is 118 Å². The number of rotatable bonds is 15. The van der Waals surface area contributed by atoms with Crippen LogP contribution < -0.4 is 51.0 Å². The Kier molecular flexibility index (Phi) is 17.7. The first-order valence-corrected chi connectivity index (χ1v) is 15.3. The Morgan fingerprint density at radius 3 is 2.06 bits per heavy atom. The maximum Gasteiger partial charge on any atom is 1.00 e. The summed E-state index contributed by atoms with van der Waals surface area (Å²) in [5.41, 5.74) is 5.46. The van der Waals surface area contributed by atoms with Gasteiger partial charge in [0.05, 0.1) is 38.6 Å². The number of carboxylic acids is 1. The molecule has 16 atom stereocenters. The van der Waals surface area contributed by atoms with Crippen molar-refractivity contribution in [1.29, 1.82) is 0 Å². The van der Waals surface area contributed by atoms with Crippen LogP contribution in [0.3, 0.4) is 0 Å². The first-order chi connectivity index (χ1) is 23.0. The third-order valence-corrected chi connectivity index (χ3v) is 8.24. The molecule has 3 rings (SSSR count). The minimum atomic E-state index is -2.95. The number of aliphatic hydroxyl groups is 9. The maximum atomic E-state index is 12.4. The molecule has 0 bridgehead atoms. The first-order valence-electron chi connectivity index (χ1n) is 15.3. The number of nitrogens with two attached hydrogens (primary N) is 1. The predicted octanol–water partition coefficient (Wildman–Crippen LogP) is -12.4. The van der Waals surface area contributed by atoms with Crippen molar-refractivity contribution < 1.29 is 123 Å². The Bertz CT molecular complexity index is 1110. The molecular formula is C27H46N3NaO19. The minimum Gasteiger partial charge on any atom is -0.544 e. The Hall–Kier alpha value is -1.23. The smallest absolute Gasteiger partial charge is 0.544 e. The summed E-state index contributed by atoms with van der Waals surface area (Å²) in [4.78, 5) is 36.0. The van der Waals surface area contributed by atoms with Gasteiger partial charge in [-0.15, -0.1) is 0 Å². The van der Waals surface area contributed by atoms with E-state index < -0.39 is 142 Å². The standard InChI is InChI=1S/C27H47N3O19.Na/c1-9(33)29-15-11(35)5-27(26(42)43,49-23(15)17(37)12(36)6-31)45-8-14-18(38)20(40)21(41)25(47-14)48-22-13(7-32)46-24(44-4-3-28)16(19(22)39)30-10(2)34;/h11-25,31-32,35-41H,3-8,28H2,1-2H3,(H,29,33)(H,30,34)(H,42,43);/q;+1/p-1/t11?,12-,13?,14?,15?,16?,17-,18?,19?,20?,21?,22?,23?,24?,25?,27?;/m0./s1. The number of ether oxygens (including phenoxy) is 6. The third kappa shape index (κ3) is 10.5. The molecule has 3 fully saturated rings. The summed E-state index contributed by atoms with van der Waals surface area (Å²) < 4.78 is 33.3. The normalized spacial score (nSPS) is 40.2. The summed E-state index contributed by atoms with van der Waals surface area (Å²) in [5.74, 6) is -6.41. The molecule has 284 valence electrons. The van der Waals surface area contributed by atoms with Gasteiger partial charge in [-0.05, 0) is 0 Å². The number of carbonyl (C=O) groups is 3. The van der Waals surface area contributed by atoms with Crippen LogP contribution in [0.15, 0.2) is 0 Å². The van der Waals surface area contributed by atoms with Crippen LogP contribution in [-0.2, 0) is 42.8 Å². The fraction of sp³-hybridized carbons (Fsp3) is 0.889. The van der Waals surface area contributed by atoms with Crippen molar-refractivity contribution in [3.8, 4) is 0 Å². The van der Waals surface area contributed by atoms with Crippen molar-refractivity contribution in [3.63, 3.8) is 0 Å². The zero-order valence-electron chi connectivity index (χ0n) is 27.6. The Morgan fingerprint density at radius 1 is 0.920 bits per heavy atom. The average Bonchev–Trinajstić information content (AvgIpc) is 3.05. The fourth-order valence-corrected chi connectivity index (χ4v) is 5.76. The van der Waals surface area contributed by atoms with E-state index in [1.807, 2.05) is 0 Å². The van der Waals surface area contributed by atoms with E-state index in [-0.39, 0.29) is 42.7 Å². The largest absolute Gasteiger partial charge is 1.00 e. The van der Waals surface area contributed by atoms with E-state index in [9.17, 15) is 65.4 Å². The molecule has 14 unspecified atom stereocenters. The molecule has 3 saturated heterocycles. The molecule has 50 heavy (non-hydrogen) atoms. The number of carbonyl (C=O) groups excluding carboxylic acids is 3. The summed E-state index contributed by atoms with van der Waals surface area (Å²) in [6.45, 7) is -0.646. The number of aliphatic carboxylic acids is 1. The predicted molar refractivity (Wildman–Crippen MR) is 152 cm³/mol. The van der Waals surface area contributed by atoms with Gasteiger partial charge in [0.15, 0.2) is 12.6 Å². The van der Waals surface area contributed by atoms with Crippen LogP contribution in [0.2, 0.25) is 0 Å². The zero-order valence-corrected chi connectivity index (χ0v) is 29.6. The Morgan fingerprint density at radius 2 is 1.52 bits per heavy atom. The van der Waals surface area contributed by atoms with E-state index in [1.165, 1.54) is 0 Å². The minimum absolute atomic E-state index is 0. The molecule has 0 aliphatic carbocycles. The van der Waals surface area contributed by atoms with E-state index in [2.05, 4.69) is 10.6 Å². The zero-order chi connectivity index (χ0) is 36.8. The van der Waals surface area contributed by atoms with Crippen LogP contribution in [0, 0.1) is 0 Å².